The number of aliphatic hydroxyl groups is 1. The number of hydrogen-bond acceptors (Lipinski definition) is 3. The third-order valence-electron chi connectivity index (χ3n) is 3.14. The molecule has 2 N–H and O–H groups in total. The van der Waals surface area contributed by atoms with Crippen LogP contribution in [-0.2, 0) is 0 Å². The predicted molar refractivity (Wildman–Crippen MR) is 67.5 cm³/mol. The lowest BCUT2D eigenvalue weighted by atomic mass is 10.1. The fourth-order valence-electron chi connectivity index (χ4n) is 2.30. The van der Waals surface area contributed by atoms with Crippen LogP contribution < -0.4 is 11.2 Å². The topological polar surface area (TPSA) is 75.1 Å². The van der Waals surface area contributed by atoms with Crippen molar-refractivity contribution in [2.45, 2.75) is 25.3 Å². The Morgan fingerprint density at radius 1 is 1.50 bits per heavy atom. The largest absolute Gasteiger partial charge is 0.396 e. The van der Waals surface area contributed by atoms with Gasteiger partial charge >= 0.3 is 5.69 Å². The Morgan fingerprint density at radius 3 is 2.94 bits per heavy atom. The summed E-state index contributed by atoms with van der Waals surface area (Å²) in [5.41, 5.74) is -0.726. The molecule has 0 aromatic carbocycles. The Labute approximate surface area is 106 Å². The number of aliphatic hydroxyl groups excluding tert-OH is 1. The minimum atomic E-state index is -0.379. The molecule has 0 unspecified atom stereocenters. The zero-order chi connectivity index (χ0) is 11.7. The summed E-state index contributed by atoms with van der Waals surface area (Å²) in [7, 11) is 0. The highest BCUT2D eigenvalue weighted by molar-refractivity contribution is 14.1. The third kappa shape index (κ3) is 2.08. The second-order valence-corrected chi connectivity index (χ2v) is 5.25. The minimum absolute atomic E-state index is 0.0165. The Bertz CT molecular complexity index is 494. The van der Waals surface area contributed by atoms with Gasteiger partial charge in [0, 0.05) is 24.8 Å². The first kappa shape index (κ1) is 11.8. The van der Waals surface area contributed by atoms with Crippen LogP contribution in [0.5, 0.6) is 0 Å². The summed E-state index contributed by atoms with van der Waals surface area (Å²) in [6, 6.07) is 0.0165. The molecule has 2 atom stereocenters. The number of nitrogens with one attached hydrogen (secondary N) is 1. The molecule has 0 saturated heterocycles. The monoisotopic (exact) mass is 336 g/mol. The zero-order valence-electron chi connectivity index (χ0n) is 8.65. The first-order valence-corrected chi connectivity index (χ1v) is 6.33. The van der Waals surface area contributed by atoms with Gasteiger partial charge in [-0.3, -0.25) is 14.3 Å². The first-order valence-electron chi connectivity index (χ1n) is 5.25. The van der Waals surface area contributed by atoms with E-state index in [2.05, 4.69) is 4.98 Å². The fourth-order valence-corrected chi connectivity index (χ4v) is 2.74. The van der Waals surface area contributed by atoms with Gasteiger partial charge in [0.25, 0.3) is 5.56 Å². The molecule has 2 rings (SSSR count). The van der Waals surface area contributed by atoms with Crippen molar-refractivity contribution in [2.24, 2.45) is 5.92 Å². The average molecular weight is 336 g/mol. The fraction of sp³-hybridized carbons (Fsp3) is 0.600. The van der Waals surface area contributed by atoms with Gasteiger partial charge in [-0.25, -0.2) is 4.79 Å². The number of aromatic amines is 1. The van der Waals surface area contributed by atoms with Crippen LogP contribution in [0, 0.1) is 9.49 Å². The van der Waals surface area contributed by atoms with Crippen LogP contribution in [0.3, 0.4) is 0 Å². The standard InChI is InChI=1S/C10H13IN2O3/c11-7-4-13(10(16)12-9(7)15)8-3-1-2-6(8)5-14/h4,6,8,14H,1-3,5H2,(H,12,15,16)/t6-,8+/m0/s1. The van der Waals surface area contributed by atoms with Crippen LogP contribution >= 0.6 is 22.6 Å². The number of hydrogen-bond donors (Lipinski definition) is 2. The van der Waals surface area contributed by atoms with E-state index in [1.165, 1.54) is 0 Å². The van der Waals surface area contributed by atoms with Crippen molar-refractivity contribution in [1.82, 2.24) is 9.55 Å². The summed E-state index contributed by atoms with van der Waals surface area (Å²) in [6.07, 6.45) is 4.41. The predicted octanol–water partition coefficient (Wildman–Crippen LogP) is 0.475. The summed E-state index contributed by atoms with van der Waals surface area (Å²) in [5, 5.41) is 9.22. The van der Waals surface area contributed by atoms with E-state index in [4.69, 9.17) is 0 Å². The molecule has 0 bridgehead atoms. The van der Waals surface area contributed by atoms with Gasteiger partial charge in [-0.1, -0.05) is 6.42 Å². The molecule has 0 aliphatic heterocycles. The number of aromatic nitrogens is 2. The van der Waals surface area contributed by atoms with Gasteiger partial charge in [0.1, 0.15) is 0 Å². The number of nitrogens with zero attached hydrogens (tertiary/aromatic N) is 1. The molecule has 1 saturated carbocycles. The summed E-state index contributed by atoms with van der Waals surface area (Å²) in [6.45, 7) is 0.0901. The van der Waals surface area contributed by atoms with Crippen molar-refractivity contribution >= 4 is 22.6 Å². The Morgan fingerprint density at radius 2 is 2.25 bits per heavy atom. The summed E-state index contributed by atoms with van der Waals surface area (Å²) >= 11 is 1.91. The SMILES string of the molecule is O=c1[nH]c(=O)n([C@@H]2CCC[C@H]2CO)cc1I. The summed E-state index contributed by atoms with van der Waals surface area (Å²) in [5.74, 6) is 0.124. The molecule has 1 aromatic heterocycles. The van der Waals surface area contributed by atoms with Crippen LogP contribution in [0.1, 0.15) is 25.3 Å². The molecular formula is C10H13IN2O3. The molecule has 0 spiro atoms. The molecule has 1 aliphatic carbocycles. The van der Waals surface area contributed by atoms with Crippen LogP contribution in [0.2, 0.25) is 0 Å². The summed E-state index contributed by atoms with van der Waals surface area (Å²) in [4.78, 5) is 25.2. The van der Waals surface area contributed by atoms with E-state index in [0.29, 0.717) is 3.57 Å². The maximum atomic E-state index is 11.7. The maximum Gasteiger partial charge on any atom is 0.328 e. The molecule has 1 heterocycles. The van der Waals surface area contributed by atoms with Crippen molar-refractivity contribution in [1.29, 1.82) is 0 Å². The highest BCUT2D eigenvalue weighted by Crippen LogP contribution is 2.34. The van der Waals surface area contributed by atoms with Crippen molar-refractivity contribution < 1.29 is 5.11 Å². The van der Waals surface area contributed by atoms with E-state index >= 15 is 0 Å². The lowest BCUT2D eigenvalue weighted by Gasteiger charge is -2.19. The molecule has 88 valence electrons. The van der Waals surface area contributed by atoms with Crippen LogP contribution in [0.25, 0.3) is 0 Å². The highest BCUT2D eigenvalue weighted by atomic mass is 127. The van der Waals surface area contributed by atoms with Gasteiger partial charge in [-0.05, 0) is 35.4 Å². The quantitative estimate of drug-likeness (QED) is 0.772. The van der Waals surface area contributed by atoms with Gasteiger partial charge in [-0.2, -0.15) is 0 Å². The molecule has 16 heavy (non-hydrogen) atoms. The van der Waals surface area contributed by atoms with E-state index in [0.717, 1.165) is 19.3 Å². The Balaban J connectivity index is 2.44. The minimum Gasteiger partial charge on any atom is -0.396 e. The van der Waals surface area contributed by atoms with Crippen molar-refractivity contribution in [3.63, 3.8) is 0 Å². The number of rotatable bonds is 2. The van der Waals surface area contributed by atoms with Crippen LogP contribution in [-0.4, -0.2) is 21.3 Å². The summed E-state index contributed by atoms with van der Waals surface area (Å²) < 4.78 is 2.05. The second-order valence-electron chi connectivity index (χ2n) is 4.08. The lowest BCUT2D eigenvalue weighted by molar-refractivity contribution is 0.193. The molecule has 5 nitrogen and oxygen atoms in total. The van der Waals surface area contributed by atoms with Gasteiger partial charge in [-0.15, -0.1) is 0 Å². The average Bonchev–Trinajstić information content (AvgIpc) is 2.71. The molecule has 1 fully saturated rings. The van der Waals surface area contributed by atoms with Crippen molar-refractivity contribution in [2.75, 3.05) is 6.61 Å². The second kappa shape index (κ2) is 4.70. The molecular weight excluding hydrogens is 323 g/mol. The smallest absolute Gasteiger partial charge is 0.328 e. The maximum absolute atomic E-state index is 11.7. The Kier molecular flexibility index (Phi) is 3.48. The Hall–Kier alpha value is -0.630. The zero-order valence-corrected chi connectivity index (χ0v) is 10.8. The molecule has 1 aliphatic rings. The van der Waals surface area contributed by atoms with Gasteiger partial charge in [0.15, 0.2) is 0 Å². The molecule has 1 aromatic rings. The van der Waals surface area contributed by atoms with E-state index in [-0.39, 0.29) is 29.8 Å². The highest BCUT2D eigenvalue weighted by Gasteiger charge is 2.28. The van der Waals surface area contributed by atoms with E-state index in [1.54, 1.807) is 10.8 Å². The van der Waals surface area contributed by atoms with E-state index in [9.17, 15) is 14.7 Å². The van der Waals surface area contributed by atoms with Crippen LogP contribution in [0.15, 0.2) is 15.8 Å². The van der Waals surface area contributed by atoms with Crippen LogP contribution in [0.4, 0.5) is 0 Å². The van der Waals surface area contributed by atoms with Gasteiger partial charge in [0.2, 0.25) is 0 Å². The van der Waals surface area contributed by atoms with Gasteiger partial charge in [0.05, 0.1) is 3.57 Å². The normalized spacial score (nSPS) is 24.9. The van der Waals surface area contributed by atoms with E-state index < -0.39 is 0 Å². The molecule has 0 radical (unpaired) electrons. The van der Waals surface area contributed by atoms with Gasteiger partial charge < -0.3 is 5.11 Å². The molecule has 0 amide bonds. The molecule has 6 heteroatoms. The lowest BCUT2D eigenvalue weighted by Crippen LogP contribution is -2.35. The number of H-pyrrole nitrogens is 1. The van der Waals surface area contributed by atoms with Crippen molar-refractivity contribution in [3.8, 4) is 0 Å². The van der Waals surface area contributed by atoms with E-state index in [1.807, 2.05) is 22.6 Å². The number of halogens is 1. The first-order chi connectivity index (χ1) is 7.63. The van der Waals surface area contributed by atoms with Crippen molar-refractivity contribution in [3.05, 3.63) is 30.6 Å². The third-order valence-corrected chi connectivity index (χ3v) is 3.90.